The zero-order valence-corrected chi connectivity index (χ0v) is 18.1. The molecule has 0 aliphatic heterocycles. The van der Waals surface area contributed by atoms with Gasteiger partial charge in [-0.2, -0.15) is 0 Å². The fraction of sp³-hybridized carbons (Fsp3) is 0.208. The van der Waals surface area contributed by atoms with Gasteiger partial charge in [0.1, 0.15) is 11.6 Å². The lowest BCUT2D eigenvalue weighted by Gasteiger charge is -2.15. The summed E-state index contributed by atoms with van der Waals surface area (Å²) in [6.45, 7) is 5.69. The Bertz CT molecular complexity index is 973. The molecule has 0 fully saturated rings. The Kier molecular flexibility index (Phi) is 7.50. The summed E-state index contributed by atoms with van der Waals surface area (Å²) in [7, 11) is 0. The Morgan fingerprint density at radius 1 is 0.931 bits per heavy atom. The molecule has 3 rings (SSSR count). The summed E-state index contributed by atoms with van der Waals surface area (Å²) < 4.78 is 11.7. The maximum atomic E-state index is 5.96. The van der Waals surface area contributed by atoms with Crippen molar-refractivity contribution in [3.63, 3.8) is 0 Å². The molecule has 150 valence electrons. The number of hydrogen-bond acceptors (Lipinski definition) is 3. The molecule has 5 heteroatoms. The molecule has 3 aromatic carbocycles. The van der Waals surface area contributed by atoms with Gasteiger partial charge in [-0.05, 0) is 55.3 Å². The molecule has 0 saturated carbocycles. The Hall–Kier alpha value is -2.56. The first-order valence-corrected chi connectivity index (χ1v) is 10.3. The first kappa shape index (κ1) is 21.2. The van der Waals surface area contributed by atoms with Crippen molar-refractivity contribution in [2.75, 3.05) is 6.61 Å². The Morgan fingerprint density at radius 3 is 2.45 bits per heavy atom. The molecule has 0 spiro atoms. The van der Waals surface area contributed by atoms with Crippen molar-refractivity contribution in [3.8, 4) is 11.5 Å². The molecule has 0 aliphatic carbocycles. The number of benzene rings is 3. The highest BCUT2D eigenvalue weighted by molar-refractivity contribution is 7.80. The van der Waals surface area contributed by atoms with E-state index in [0.29, 0.717) is 41.3 Å². The van der Waals surface area contributed by atoms with Gasteiger partial charge >= 0.3 is 0 Å². The smallest absolute Gasteiger partial charge is 0.161 e. The molecule has 29 heavy (non-hydrogen) atoms. The Balaban J connectivity index is 1.67. The summed E-state index contributed by atoms with van der Waals surface area (Å²) in [6.07, 6.45) is 0. The quantitative estimate of drug-likeness (QED) is 0.442. The van der Waals surface area contributed by atoms with Gasteiger partial charge in [-0.3, -0.25) is 0 Å². The van der Waals surface area contributed by atoms with E-state index in [4.69, 9.17) is 33.3 Å². The average molecular weight is 426 g/mol. The molecule has 0 aliphatic rings. The van der Waals surface area contributed by atoms with E-state index < -0.39 is 0 Å². The maximum Gasteiger partial charge on any atom is 0.161 e. The predicted octanol–water partition coefficient (Wildman–Crippen LogP) is 6.09. The average Bonchev–Trinajstić information content (AvgIpc) is 2.72. The minimum Gasteiger partial charge on any atom is -0.490 e. The van der Waals surface area contributed by atoms with E-state index in [-0.39, 0.29) is 0 Å². The number of halogens is 1. The van der Waals surface area contributed by atoms with Gasteiger partial charge in [0.05, 0.1) is 6.61 Å². The van der Waals surface area contributed by atoms with Crippen LogP contribution in [0.15, 0.2) is 66.7 Å². The van der Waals surface area contributed by atoms with E-state index in [9.17, 15) is 0 Å². The molecule has 0 aromatic heterocycles. The second-order valence-corrected chi connectivity index (χ2v) is 7.53. The van der Waals surface area contributed by atoms with Crippen LogP contribution in [-0.4, -0.2) is 11.6 Å². The molecule has 0 amide bonds. The van der Waals surface area contributed by atoms with E-state index >= 15 is 0 Å². The third-order valence-corrected chi connectivity index (χ3v) is 4.98. The lowest BCUT2D eigenvalue weighted by molar-refractivity contribution is 0.269. The predicted molar refractivity (Wildman–Crippen MR) is 123 cm³/mol. The van der Waals surface area contributed by atoms with Crippen LogP contribution in [-0.2, 0) is 13.2 Å². The molecule has 0 atom stereocenters. The number of thiocarbonyl (C=S) groups is 1. The lowest BCUT2D eigenvalue weighted by atomic mass is 10.1. The highest BCUT2D eigenvalue weighted by atomic mass is 35.5. The van der Waals surface area contributed by atoms with Crippen molar-refractivity contribution in [2.45, 2.75) is 27.0 Å². The van der Waals surface area contributed by atoms with Crippen molar-refractivity contribution >= 4 is 28.8 Å². The second-order valence-electron chi connectivity index (χ2n) is 6.68. The molecule has 0 heterocycles. The van der Waals surface area contributed by atoms with Crippen molar-refractivity contribution in [1.82, 2.24) is 5.32 Å². The standard InChI is InChI=1S/C24H24ClNO2S/c1-3-27-23-14-20(24(29)26-15-19-6-4-5-17(2)13-19)9-12-22(23)28-16-18-7-10-21(25)11-8-18/h4-14H,3,15-16H2,1-2H3,(H,26,29). The Morgan fingerprint density at radius 2 is 1.72 bits per heavy atom. The van der Waals surface area contributed by atoms with Crippen LogP contribution < -0.4 is 14.8 Å². The molecule has 3 aromatic rings. The van der Waals surface area contributed by atoms with Gasteiger partial charge in [0.25, 0.3) is 0 Å². The summed E-state index contributed by atoms with van der Waals surface area (Å²) in [5.74, 6) is 1.37. The largest absolute Gasteiger partial charge is 0.490 e. The molecule has 0 unspecified atom stereocenters. The maximum absolute atomic E-state index is 5.96. The van der Waals surface area contributed by atoms with Crippen LogP contribution in [0.3, 0.4) is 0 Å². The van der Waals surface area contributed by atoms with Crippen LogP contribution in [0.25, 0.3) is 0 Å². The number of rotatable bonds is 8. The first-order valence-electron chi connectivity index (χ1n) is 9.53. The van der Waals surface area contributed by atoms with Crippen LogP contribution in [0.4, 0.5) is 0 Å². The highest BCUT2D eigenvalue weighted by Gasteiger charge is 2.10. The van der Waals surface area contributed by atoms with Gasteiger partial charge in [-0.25, -0.2) is 0 Å². The third kappa shape index (κ3) is 6.21. The monoisotopic (exact) mass is 425 g/mol. The SMILES string of the molecule is CCOc1cc(C(=S)NCc2cccc(C)c2)ccc1OCc1ccc(Cl)cc1. The number of nitrogens with one attached hydrogen (secondary N) is 1. The van der Waals surface area contributed by atoms with Gasteiger partial charge in [-0.15, -0.1) is 0 Å². The van der Waals surface area contributed by atoms with Crippen LogP contribution in [0, 0.1) is 6.92 Å². The van der Waals surface area contributed by atoms with Crippen molar-refractivity contribution in [1.29, 1.82) is 0 Å². The van der Waals surface area contributed by atoms with E-state index in [2.05, 4.69) is 36.5 Å². The van der Waals surface area contributed by atoms with Gasteiger partial charge in [0.2, 0.25) is 0 Å². The van der Waals surface area contributed by atoms with E-state index in [1.807, 2.05) is 49.4 Å². The number of hydrogen-bond donors (Lipinski definition) is 1. The minimum atomic E-state index is 0.437. The lowest BCUT2D eigenvalue weighted by Crippen LogP contribution is -2.21. The van der Waals surface area contributed by atoms with Gasteiger partial charge < -0.3 is 14.8 Å². The molecular weight excluding hydrogens is 402 g/mol. The summed E-state index contributed by atoms with van der Waals surface area (Å²) >= 11 is 11.5. The van der Waals surface area contributed by atoms with Gasteiger partial charge in [0, 0.05) is 17.1 Å². The van der Waals surface area contributed by atoms with Crippen molar-refractivity contribution in [3.05, 3.63) is 94.0 Å². The van der Waals surface area contributed by atoms with Crippen LogP contribution in [0.2, 0.25) is 5.02 Å². The fourth-order valence-corrected chi connectivity index (χ4v) is 3.21. The first-order chi connectivity index (χ1) is 14.0. The third-order valence-electron chi connectivity index (χ3n) is 4.35. The van der Waals surface area contributed by atoms with Gasteiger partial charge in [-0.1, -0.05) is 65.8 Å². The summed E-state index contributed by atoms with van der Waals surface area (Å²) in [5.41, 5.74) is 4.36. The Labute approximate surface area is 182 Å². The summed E-state index contributed by atoms with van der Waals surface area (Å²) in [6, 6.07) is 21.7. The van der Waals surface area contributed by atoms with Gasteiger partial charge in [0.15, 0.2) is 11.5 Å². The molecular formula is C24H24ClNO2S. The van der Waals surface area contributed by atoms with E-state index in [1.54, 1.807) is 0 Å². The van der Waals surface area contributed by atoms with E-state index in [1.165, 1.54) is 11.1 Å². The van der Waals surface area contributed by atoms with Crippen LogP contribution in [0.5, 0.6) is 11.5 Å². The zero-order chi connectivity index (χ0) is 20.6. The normalized spacial score (nSPS) is 10.4. The highest BCUT2D eigenvalue weighted by Crippen LogP contribution is 2.29. The van der Waals surface area contributed by atoms with Crippen LogP contribution >= 0.6 is 23.8 Å². The van der Waals surface area contributed by atoms with Crippen molar-refractivity contribution < 1.29 is 9.47 Å². The molecule has 0 bridgehead atoms. The molecule has 3 nitrogen and oxygen atoms in total. The fourth-order valence-electron chi connectivity index (χ4n) is 2.89. The number of aryl methyl sites for hydroxylation is 1. The van der Waals surface area contributed by atoms with Crippen molar-refractivity contribution in [2.24, 2.45) is 0 Å². The summed E-state index contributed by atoms with van der Waals surface area (Å²) in [5, 5.41) is 4.03. The minimum absolute atomic E-state index is 0.437. The number of ether oxygens (including phenoxy) is 2. The molecule has 1 N–H and O–H groups in total. The van der Waals surface area contributed by atoms with Crippen LogP contribution in [0.1, 0.15) is 29.2 Å². The summed E-state index contributed by atoms with van der Waals surface area (Å²) in [4.78, 5) is 0.678. The molecule has 0 saturated heterocycles. The molecule has 0 radical (unpaired) electrons. The second kappa shape index (κ2) is 10.3. The topological polar surface area (TPSA) is 30.5 Å². The van der Waals surface area contributed by atoms with E-state index in [0.717, 1.165) is 11.1 Å². The zero-order valence-electron chi connectivity index (χ0n) is 16.6.